The van der Waals surface area contributed by atoms with E-state index in [1.165, 1.54) is 12.1 Å². The van der Waals surface area contributed by atoms with E-state index in [0.717, 1.165) is 23.1 Å². The van der Waals surface area contributed by atoms with E-state index >= 15 is 0 Å². The van der Waals surface area contributed by atoms with E-state index < -0.39 is 10.7 Å². The molecule has 0 radical (unpaired) electrons. The largest absolute Gasteiger partial charge is 0.307 e. The zero-order valence-electron chi connectivity index (χ0n) is 8.37. The Morgan fingerprint density at radius 3 is 2.88 bits per heavy atom. The summed E-state index contributed by atoms with van der Waals surface area (Å²) in [5.74, 6) is -0.692. The van der Waals surface area contributed by atoms with Gasteiger partial charge in [0.05, 0.1) is 10.6 Å². The van der Waals surface area contributed by atoms with Crippen LogP contribution in [-0.2, 0) is 0 Å². The van der Waals surface area contributed by atoms with Crippen LogP contribution in [0.4, 0.5) is 10.1 Å². The third-order valence-electron chi connectivity index (χ3n) is 2.13. The highest BCUT2D eigenvalue weighted by molar-refractivity contribution is 5.49. The first-order chi connectivity index (χ1) is 8.13. The summed E-state index contributed by atoms with van der Waals surface area (Å²) in [5.41, 5.74) is -0.260. The van der Waals surface area contributed by atoms with Crippen molar-refractivity contribution in [2.24, 2.45) is 0 Å². The SMILES string of the molecule is N#Cc1c(F)cccc1-n1cc([N+](=O)[O-])cn1. The van der Waals surface area contributed by atoms with Gasteiger partial charge in [0.2, 0.25) is 0 Å². The number of nitriles is 1. The Balaban J connectivity index is 2.57. The number of hydrogen-bond acceptors (Lipinski definition) is 4. The molecule has 1 heterocycles. The molecule has 2 rings (SSSR count). The van der Waals surface area contributed by atoms with Gasteiger partial charge in [0.1, 0.15) is 29.8 Å². The fourth-order valence-electron chi connectivity index (χ4n) is 1.35. The highest BCUT2D eigenvalue weighted by Crippen LogP contribution is 2.18. The summed E-state index contributed by atoms with van der Waals surface area (Å²) >= 11 is 0. The molecule has 0 spiro atoms. The van der Waals surface area contributed by atoms with Crippen molar-refractivity contribution >= 4 is 5.69 Å². The monoisotopic (exact) mass is 232 g/mol. The van der Waals surface area contributed by atoms with Gasteiger partial charge in [-0.1, -0.05) is 6.07 Å². The van der Waals surface area contributed by atoms with E-state index in [9.17, 15) is 14.5 Å². The molecular formula is C10H5FN4O2. The van der Waals surface area contributed by atoms with Crippen molar-refractivity contribution in [1.82, 2.24) is 9.78 Å². The molecule has 0 saturated carbocycles. The van der Waals surface area contributed by atoms with Gasteiger partial charge in [0.25, 0.3) is 0 Å². The van der Waals surface area contributed by atoms with Crippen LogP contribution in [0.25, 0.3) is 5.69 Å². The molecule has 0 N–H and O–H groups in total. The third kappa shape index (κ3) is 1.83. The van der Waals surface area contributed by atoms with E-state index in [4.69, 9.17) is 5.26 Å². The summed E-state index contributed by atoms with van der Waals surface area (Å²) in [5, 5.41) is 23.0. The fraction of sp³-hybridized carbons (Fsp3) is 0. The fourth-order valence-corrected chi connectivity index (χ4v) is 1.35. The van der Waals surface area contributed by atoms with Crippen molar-refractivity contribution in [3.8, 4) is 11.8 Å². The van der Waals surface area contributed by atoms with Crippen molar-refractivity contribution in [2.75, 3.05) is 0 Å². The Kier molecular flexibility index (Phi) is 2.54. The second kappa shape index (κ2) is 4.02. The van der Waals surface area contributed by atoms with Gasteiger partial charge < -0.3 is 0 Å². The Morgan fingerprint density at radius 1 is 1.53 bits per heavy atom. The first kappa shape index (κ1) is 10.8. The molecule has 0 unspecified atom stereocenters. The summed E-state index contributed by atoms with van der Waals surface area (Å²) in [6.07, 6.45) is 2.15. The number of nitrogens with zero attached hydrogens (tertiary/aromatic N) is 4. The van der Waals surface area contributed by atoms with E-state index in [-0.39, 0.29) is 16.9 Å². The normalized spacial score (nSPS) is 9.88. The molecule has 7 heteroatoms. The minimum Gasteiger partial charge on any atom is -0.258 e. The molecule has 0 bridgehead atoms. The van der Waals surface area contributed by atoms with Gasteiger partial charge >= 0.3 is 5.69 Å². The van der Waals surface area contributed by atoms with Gasteiger partial charge in [-0.2, -0.15) is 10.4 Å². The number of benzene rings is 1. The number of aromatic nitrogens is 2. The molecule has 0 aliphatic rings. The van der Waals surface area contributed by atoms with E-state index in [1.54, 1.807) is 6.07 Å². The number of halogens is 1. The Morgan fingerprint density at radius 2 is 2.29 bits per heavy atom. The lowest BCUT2D eigenvalue weighted by molar-refractivity contribution is -0.384. The number of hydrogen-bond donors (Lipinski definition) is 0. The third-order valence-corrected chi connectivity index (χ3v) is 2.13. The van der Waals surface area contributed by atoms with Crippen LogP contribution in [0, 0.1) is 27.3 Å². The predicted octanol–water partition coefficient (Wildman–Crippen LogP) is 1.79. The molecule has 0 fully saturated rings. The maximum absolute atomic E-state index is 13.3. The lowest BCUT2D eigenvalue weighted by atomic mass is 10.2. The number of nitro groups is 1. The molecule has 2 aromatic rings. The standard InChI is InChI=1S/C10H5FN4O2/c11-9-2-1-3-10(8(9)4-12)14-6-7(5-13-14)15(16)17/h1-3,5-6H. The maximum Gasteiger partial charge on any atom is 0.307 e. The summed E-state index contributed by atoms with van der Waals surface area (Å²) in [6, 6.07) is 5.69. The van der Waals surface area contributed by atoms with Crippen molar-refractivity contribution in [3.05, 3.63) is 52.1 Å². The maximum atomic E-state index is 13.3. The quantitative estimate of drug-likeness (QED) is 0.583. The summed E-state index contributed by atoms with van der Waals surface area (Å²) in [6.45, 7) is 0. The van der Waals surface area contributed by atoms with E-state index in [2.05, 4.69) is 5.10 Å². The molecule has 6 nitrogen and oxygen atoms in total. The summed E-state index contributed by atoms with van der Waals surface area (Å²) in [7, 11) is 0. The minimum atomic E-state index is -0.692. The van der Waals surface area contributed by atoms with Gasteiger partial charge in [-0.3, -0.25) is 10.1 Å². The zero-order valence-corrected chi connectivity index (χ0v) is 8.37. The van der Waals surface area contributed by atoms with Gasteiger partial charge in [0.15, 0.2) is 0 Å². The van der Waals surface area contributed by atoms with Crippen LogP contribution in [0.1, 0.15) is 5.56 Å². The van der Waals surface area contributed by atoms with Crippen molar-refractivity contribution in [2.45, 2.75) is 0 Å². The van der Waals surface area contributed by atoms with E-state index in [1.807, 2.05) is 0 Å². The topological polar surface area (TPSA) is 84.8 Å². The zero-order chi connectivity index (χ0) is 12.4. The smallest absolute Gasteiger partial charge is 0.258 e. The van der Waals surface area contributed by atoms with Crippen LogP contribution in [0.3, 0.4) is 0 Å². The number of rotatable bonds is 2. The molecule has 1 aromatic heterocycles. The molecule has 0 amide bonds. The highest BCUT2D eigenvalue weighted by atomic mass is 19.1. The highest BCUT2D eigenvalue weighted by Gasteiger charge is 2.14. The molecule has 17 heavy (non-hydrogen) atoms. The molecule has 84 valence electrons. The van der Waals surface area contributed by atoms with Crippen LogP contribution >= 0.6 is 0 Å². The van der Waals surface area contributed by atoms with Crippen LogP contribution in [-0.4, -0.2) is 14.7 Å². The Hall–Kier alpha value is -2.75. The average Bonchev–Trinajstić information content (AvgIpc) is 2.77. The Bertz CT molecular complexity index is 629. The molecule has 1 aromatic carbocycles. The lowest BCUT2D eigenvalue weighted by Crippen LogP contribution is -1.99. The lowest BCUT2D eigenvalue weighted by Gasteiger charge is -2.03. The Labute approximate surface area is 94.7 Å². The summed E-state index contributed by atoms with van der Waals surface area (Å²) in [4.78, 5) is 9.86. The van der Waals surface area contributed by atoms with Crippen LogP contribution in [0.2, 0.25) is 0 Å². The van der Waals surface area contributed by atoms with Crippen LogP contribution < -0.4 is 0 Å². The van der Waals surface area contributed by atoms with Gasteiger partial charge in [0, 0.05) is 0 Å². The first-order valence-corrected chi connectivity index (χ1v) is 4.51. The summed E-state index contributed by atoms with van der Waals surface area (Å²) < 4.78 is 14.4. The second-order valence-electron chi connectivity index (χ2n) is 3.15. The van der Waals surface area contributed by atoms with Crippen LogP contribution in [0.5, 0.6) is 0 Å². The molecular weight excluding hydrogens is 227 g/mol. The predicted molar refractivity (Wildman–Crippen MR) is 54.9 cm³/mol. The minimum absolute atomic E-state index is 0.167. The molecule has 0 aliphatic heterocycles. The van der Waals surface area contributed by atoms with E-state index in [0.29, 0.717) is 0 Å². The molecule has 0 saturated heterocycles. The second-order valence-corrected chi connectivity index (χ2v) is 3.15. The van der Waals surface area contributed by atoms with Crippen molar-refractivity contribution in [3.63, 3.8) is 0 Å². The van der Waals surface area contributed by atoms with Crippen LogP contribution in [0.15, 0.2) is 30.6 Å². The van der Waals surface area contributed by atoms with Crippen molar-refractivity contribution in [1.29, 1.82) is 5.26 Å². The average molecular weight is 232 g/mol. The van der Waals surface area contributed by atoms with Gasteiger partial charge in [-0.15, -0.1) is 0 Å². The molecule has 0 atom stereocenters. The van der Waals surface area contributed by atoms with Crippen molar-refractivity contribution < 1.29 is 9.31 Å². The van der Waals surface area contributed by atoms with Gasteiger partial charge in [-0.25, -0.2) is 9.07 Å². The molecule has 0 aliphatic carbocycles. The first-order valence-electron chi connectivity index (χ1n) is 4.51. The van der Waals surface area contributed by atoms with Gasteiger partial charge in [-0.05, 0) is 12.1 Å².